The number of fused-ring (bicyclic) bond motifs is 6. The summed E-state index contributed by atoms with van der Waals surface area (Å²) < 4.78 is 2.45. The molecule has 0 radical (unpaired) electrons. The smallest absolute Gasteiger partial charge is 0.0547 e. The Kier molecular flexibility index (Phi) is 6.85. The predicted molar refractivity (Wildman–Crippen MR) is 189 cm³/mol. The van der Waals surface area contributed by atoms with E-state index in [0.717, 1.165) is 5.57 Å². The van der Waals surface area contributed by atoms with Crippen molar-refractivity contribution < 1.29 is 0 Å². The molecule has 0 spiro atoms. The van der Waals surface area contributed by atoms with Crippen LogP contribution in [0.25, 0.3) is 66.3 Å². The van der Waals surface area contributed by atoms with Gasteiger partial charge in [-0.1, -0.05) is 134 Å². The van der Waals surface area contributed by atoms with Gasteiger partial charge < -0.3 is 4.57 Å². The van der Waals surface area contributed by atoms with Crippen LogP contribution in [0.3, 0.4) is 0 Å². The van der Waals surface area contributed by atoms with Crippen molar-refractivity contribution in [2.24, 2.45) is 0 Å². The summed E-state index contributed by atoms with van der Waals surface area (Å²) >= 11 is 0. The molecule has 1 aromatic heterocycles. The van der Waals surface area contributed by atoms with Gasteiger partial charge in [0, 0.05) is 16.2 Å². The van der Waals surface area contributed by atoms with E-state index in [9.17, 15) is 0 Å². The van der Waals surface area contributed by atoms with E-state index in [1.165, 1.54) is 71.3 Å². The molecule has 1 heteroatoms. The molecule has 0 unspecified atom stereocenters. The van der Waals surface area contributed by atoms with Gasteiger partial charge in [0.15, 0.2) is 0 Å². The summed E-state index contributed by atoms with van der Waals surface area (Å²) in [7, 11) is 0. The highest BCUT2D eigenvalue weighted by Gasteiger charge is 2.16. The van der Waals surface area contributed by atoms with Crippen molar-refractivity contribution in [3.05, 3.63) is 169 Å². The number of para-hydroxylation sites is 1. The summed E-state index contributed by atoms with van der Waals surface area (Å²) in [6, 6.07) is 44.2. The molecule has 1 heterocycles. The number of hydrogen-bond acceptors (Lipinski definition) is 0. The Morgan fingerprint density at radius 2 is 1.21 bits per heavy atom. The minimum atomic E-state index is 1.14. The number of hydrogen-bond donors (Lipinski definition) is 0. The van der Waals surface area contributed by atoms with E-state index in [4.69, 9.17) is 0 Å². The Bertz CT molecular complexity index is 2250. The van der Waals surface area contributed by atoms with Gasteiger partial charge in [-0.3, -0.25) is 0 Å². The van der Waals surface area contributed by atoms with Gasteiger partial charge in [-0.25, -0.2) is 0 Å². The number of allylic oxidation sites excluding steroid dienone is 6. The molecule has 43 heavy (non-hydrogen) atoms. The lowest BCUT2D eigenvalue weighted by molar-refractivity contribution is 1.20. The third-order valence-electron chi connectivity index (χ3n) is 8.44. The van der Waals surface area contributed by atoms with E-state index in [1.54, 1.807) is 0 Å². The molecule has 6 aromatic carbocycles. The number of rotatable bonds is 6. The van der Waals surface area contributed by atoms with Crippen LogP contribution in [0.1, 0.15) is 30.5 Å². The Morgan fingerprint density at radius 3 is 1.93 bits per heavy atom. The first-order valence-corrected chi connectivity index (χ1v) is 14.9. The second-order valence-corrected chi connectivity index (χ2v) is 10.9. The second-order valence-electron chi connectivity index (χ2n) is 10.9. The lowest BCUT2D eigenvalue weighted by Gasteiger charge is -2.14. The van der Waals surface area contributed by atoms with Crippen LogP contribution in [-0.4, -0.2) is 4.57 Å². The molecule has 1 nitrogen and oxygen atoms in total. The highest BCUT2D eigenvalue weighted by Crippen LogP contribution is 2.38. The Morgan fingerprint density at radius 1 is 0.581 bits per heavy atom. The van der Waals surface area contributed by atoms with Gasteiger partial charge in [-0.15, -0.1) is 0 Å². The first-order valence-electron chi connectivity index (χ1n) is 14.9. The Hall–Kier alpha value is -5.40. The topological polar surface area (TPSA) is 4.93 Å². The Balaban J connectivity index is 1.46. The maximum atomic E-state index is 3.96. The minimum Gasteiger partial charge on any atom is -0.309 e. The SMILES string of the molecule is C=C/C(=C\C)c1ccc(C(/C=C\C)=C/c2ccc3c4ccccc4n(-c4cc5ccccc5c5ccccc45)c3c2)cc1. The molecule has 0 amide bonds. The van der Waals surface area contributed by atoms with E-state index >= 15 is 0 Å². The van der Waals surface area contributed by atoms with E-state index in [-0.39, 0.29) is 0 Å². The lowest BCUT2D eigenvalue weighted by atomic mass is 9.98. The third-order valence-corrected chi connectivity index (χ3v) is 8.44. The lowest BCUT2D eigenvalue weighted by Crippen LogP contribution is -1.96. The van der Waals surface area contributed by atoms with Crippen LogP contribution in [0.5, 0.6) is 0 Å². The fourth-order valence-electron chi connectivity index (χ4n) is 6.40. The molecule has 0 aliphatic heterocycles. The molecule has 0 atom stereocenters. The van der Waals surface area contributed by atoms with Crippen LogP contribution in [0, 0.1) is 0 Å². The van der Waals surface area contributed by atoms with Crippen LogP contribution in [0.4, 0.5) is 0 Å². The van der Waals surface area contributed by atoms with Crippen LogP contribution < -0.4 is 0 Å². The number of nitrogens with zero attached hydrogens (tertiary/aromatic N) is 1. The molecule has 0 saturated heterocycles. The van der Waals surface area contributed by atoms with Crippen LogP contribution in [0.15, 0.2) is 152 Å². The molecule has 206 valence electrons. The largest absolute Gasteiger partial charge is 0.309 e. The number of benzene rings is 6. The second kappa shape index (κ2) is 11.1. The van der Waals surface area contributed by atoms with E-state index in [0.29, 0.717) is 0 Å². The zero-order valence-electron chi connectivity index (χ0n) is 24.6. The normalized spacial score (nSPS) is 12.7. The van der Waals surface area contributed by atoms with Crippen molar-refractivity contribution in [2.45, 2.75) is 13.8 Å². The molecule has 0 aliphatic carbocycles. The summed E-state index contributed by atoms with van der Waals surface area (Å²) in [5, 5.41) is 7.56. The van der Waals surface area contributed by atoms with Crippen LogP contribution in [-0.2, 0) is 0 Å². The van der Waals surface area contributed by atoms with Crippen molar-refractivity contribution in [1.82, 2.24) is 4.57 Å². The first-order chi connectivity index (χ1) is 21.2. The minimum absolute atomic E-state index is 1.14. The summed E-state index contributed by atoms with van der Waals surface area (Å²) in [6.07, 6.45) is 10.6. The van der Waals surface area contributed by atoms with Gasteiger partial charge in [0.1, 0.15) is 0 Å². The summed E-state index contributed by atoms with van der Waals surface area (Å²) in [4.78, 5) is 0. The first kappa shape index (κ1) is 26.5. The van der Waals surface area contributed by atoms with Crippen molar-refractivity contribution >= 4 is 60.6 Å². The van der Waals surface area contributed by atoms with Gasteiger partial charge in [0.25, 0.3) is 0 Å². The average molecular weight is 552 g/mol. The molecule has 0 N–H and O–H groups in total. The van der Waals surface area contributed by atoms with E-state index in [2.05, 4.69) is 164 Å². The van der Waals surface area contributed by atoms with Gasteiger partial charge in [0.05, 0.1) is 16.7 Å². The van der Waals surface area contributed by atoms with Crippen molar-refractivity contribution in [3.63, 3.8) is 0 Å². The molecular weight excluding hydrogens is 518 g/mol. The van der Waals surface area contributed by atoms with Crippen LogP contribution >= 0.6 is 0 Å². The van der Waals surface area contributed by atoms with E-state index in [1.807, 2.05) is 13.0 Å². The maximum Gasteiger partial charge on any atom is 0.0547 e. The zero-order valence-corrected chi connectivity index (χ0v) is 24.6. The summed E-state index contributed by atoms with van der Waals surface area (Å²) in [5.74, 6) is 0. The van der Waals surface area contributed by atoms with Crippen molar-refractivity contribution in [2.75, 3.05) is 0 Å². The molecule has 0 saturated carbocycles. The van der Waals surface area contributed by atoms with Gasteiger partial charge >= 0.3 is 0 Å². The maximum absolute atomic E-state index is 3.96. The van der Waals surface area contributed by atoms with Gasteiger partial charge in [-0.05, 0) is 82.1 Å². The fraction of sp³-hybridized carbons (Fsp3) is 0.0476. The molecule has 0 fully saturated rings. The Labute approximate surface area is 253 Å². The fourth-order valence-corrected chi connectivity index (χ4v) is 6.40. The van der Waals surface area contributed by atoms with E-state index < -0.39 is 0 Å². The standard InChI is InChI=1S/C42H33N/c1-4-13-33(32-23-21-31(22-24-32)30(5-2)6-3)26-29-20-25-39-38-18-11-12-19-40(38)43(41(39)27-29)42-28-34-14-7-8-15-35(34)36-16-9-10-17-37(36)42/h4-28H,2H2,1,3H3/b13-4-,30-6+,33-26+. The van der Waals surface area contributed by atoms with Gasteiger partial charge in [-0.2, -0.15) is 0 Å². The summed E-state index contributed by atoms with van der Waals surface area (Å²) in [5.41, 5.74) is 9.46. The predicted octanol–water partition coefficient (Wildman–Crippen LogP) is 11.8. The quantitative estimate of drug-likeness (QED) is 0.110. The molecule has 0 bridgehead atoms. The molecular formula is C42H33N. The molecule has 0 aliphatic rings. The monoisotopic (exact) mass is 551 g/mol. The molecule has 7 aromatic rings. The number of aromatic nitrogens is 1. The van der Waals surface area contributed by atoms with Crippen molar-refractivity contribution in [3.8, 4) is 5.69 Å². The summed E-state index contributed by atoms with van der Waals surface area (Å²) in [6.45, 7) is 8.08. The zero-order chi connectivity index (χ0) is 29.3. The van der Waals surface area contributed by atoms with Crippen LogP contribution in [0.2, 0.25) is 0 Å². The highest BCUT2D eigenvalue weighted by molar-refractivity contribution is 6.15. The van der Waals surface area contributed by atoms with Gasteiger partial charge in [0.2, 0.25) is 0 Å². The molecule has 7 rings (SSSR count). The average Bonchev–Trinajstić information content (AvgIpc) is 3.38. The van der Waals surface area contributed by atoms with Crippen molar-refractivity contribution in [1.29, 1.82) is 0 Å². The third kappa shape index (κ3) is 4.60. The highest BCUT2D eigenvalue weighted by atomic mass is 15.0.